The molecule has 5 heteroatoms. The van der Waals surface area contributed by atoms with Gasteiger partial charge in [0.15, 0.2) is 5.13 Å². The highest BCUT2D eigenvalue weighted by Gasteiger charge is 2.36. The summed E-state index contributed by atoms with van der Waals surface area (Å²) in [6, 6.07) is 3.89. The van der Waals surface area contributed by atoms with Crippen LogP contribution in [0.1, 0.15) is 30.8 Å². The molecule has 2 unspecified atom stereocenters. The molecule has 4 nitrogen and oxygen atoms in total. The van der Waals surface area contributed by atoms with E-state index in [1.165, 1.54) is 23.8 Å². The van der Waals surface area contributed by atoms with Crippen molar-refractivity contribution in [2.45, 2.75) is 19.3 Å². The van der Waals surface area contributed by atoms with Crippen molar-refractivity contribution in [2.24, 2.45) is 5.92 Å². The Morgan fingerprint density at radius 2 is 2.42 bits per heavy atom. The molecule has 1 aliphatic rings. The second-order valence-corrected chi connectivity index (χ2v) is 5.61. The van der Waals surface area contributed by atoms with Gasteiger partial charge in [0.2, 0.25) is 5.91 Å². The number of furan rings is 1. The van der Waals surface area contributed by atoms with E-state index in [0.717, 1.165) is 11.7 Å². The van der Waals surface area contributed by atoms with Gasteiger partial charge in [-0.2, -0.15) is 0 Å². The number of anilines is 1. The molecule has 3 rings (SSSR count). The van der Waals surface area contributed by atoms with Crippen molar-refractivity contribution in [1.82, 2.24) is 4.98 Å². The van der Waals surface area contributed by atoms with Crippen LogP contribution in [0, 0.1) is 5.92 Å². The first-order chi connectivity index (χ1) is 9.22. The van der Waals surface area contributed by atoms with E-state index >= 15 is 0 Å². The van der Waals surface area contributed by atoms with Gasteiger partial charge < -0.3 is 4.42 Å². The number of nitrogens with zero attached hydrogens (tertiary/aromatic N) is 1. The van der Waals surface area contributed by atoms with Crippen molar-refractivity contribution in [2.75, 3.05) is 5.32 Å². The Hall–Kier alpha value is -1.88. The van der Waals surface area contributed by atoms with Gasteiger partial charge in [-0.15, -0.1) is 11.3 Å². The topological polar surface area (TPSA) is 55.1 Å². The summed E-state index contributed by atoms with van der Waals surface area (Å²) in [7, 11) is 0. The summed E-state index contributed by atoms with van der Waals surface area (Å²) in [6.45, 7) is 2.21. The molecule has 1 aliphatic carbocycles. The summed E-state index contributed by atoms with van der Waals surface area (Å²) >= 11 is 1.39. The SMILES string of the molecule is CC1CC1c1ccc(/C=C/C(=O)Nc2nccs2)o1. The maximum absolute atomic E-state index is 11.6. The first-order valence-electron chi connectivity index (χ1n) is 6.20. The molecule has 2 atom stereocenters. The van der Waals surface area contributed by atoms with Gasteiger partial charge in [-0.05, 0) is 30.5 Å². The molecule has 0 spiro atoms. The lowest BCUT2D eigenvalue weighted by Crippen LogP contribution is -2.06. The van der Waals surface area contributed by atoms with E-state index in [-0.39, 0.29) is 5.91 Å². The van der Waals surface area contributed by atoms with E-state index in [1.807, 2.05) is 17.5 Å². The Morgan fingerprint density at radius 3 is 3.11 bits per heavy atom. The highest BCUT2D eigenvalue weighted by molar-refractivity contribution is 7.13. The van der Waals surface area contributed by atoms with Gasteiger partial charge in [0.25, 0.3) is 0 Å². The average molecular weight is 274 g/mol. The van der Waals surface area contributed by atoms with E-state index in [2.05, 4.69) is 17.2 Å². The van der Waals surface area contributed by atoms with Crippen LogP contribution in [-0.4, -0.2) is 10.9 Å². The van der Waals surface area contributed by atoms with Crippen LogP contribution in [-0.2, 0) is 4.79 Å². The first kappa shape index (κ1) is 12.2. The number of hydrogen-bond acceptors (Lipinski definition) is 4. The molecule has 98 valence electrons. The van der Waals surface area contributed by atoms with Gasteiger partial charge in [-0.25, -0.2) is 4.98 Å². The van der Waals surface area contributed by atoms with Crippen molar-refractivity contribution < 1.29 is 9.21 Å². The van der Waals surface area contributed by atoms with Crippen LogP contribution in [0.25, 0.3) is 6.08 Å². The molecule has 1 N–H and O–H groups in total. The second-order valence-electron chi connectivity index (χ2n) is 4.72. The highest BCUT2D eigenvalue weighted by Crippen LogP contribution is 2.47. The Bertz CT molecular complexity index is 601. The fraction of sp³-hybridized carbons (Fsp3) is 0.286. The normalized spacial score (nSPS) is 21.7. The molecule has 2 heterocycles. The quantitative estimate of drug-likeness (QED) is 0.868. The fourth-order valence-corrected chi connectivity index (χ4v) is 2.50. The molecule has 0 saturated heterocycles. The Balaban J connectivity index is 1.59. The molecule has 2 aromatic heterocycles. The first-order valence-corrected chi connectivity index (χ1v) is 7.08. The van der Waals surface area contributed by atoms with Crippen molar-refractivity contribution >= 4 is 28.5 Å². The minimum absolute atomic E-state index is 0.201. The zero-order chi connectivity index (χ0) is 13.2. The Kier molecular flexibility index (Phi) is 3.21. The lowest BCUT2D eigenvalue weighted by molar-refractivity contribution is -0.111. The van der Waals surface area contributed by atoms with Crippen LogP contribution in [0.15, 0.2) is 34.2 Å². The van der Waals surface area contributed by atoms with Crippen molar-refractivity contribution in [1.29, 1.82) is 0 Å². The van der Waals surface area contributed by atoms with Crippen LogP contribution in [0.2, 0.25) is 0 Å². The molecule has 1 saturated carbocycles. The third-order valence-electron chi connectivity index (χ3n) is 3.18. The smallest absolute Gasteiger partial charge is 0.250 e. The van der Waals surface area contributed by atoms with Crippen molar-refractivity contribution in [3.8, 4) is 0 Å². The summed E-state index contributed by atoms with van der Waals surface area (Å²) in [4.78, 5) is 15.6. The van der Waals surface area contributed by atoms with Crippen LogP contribution in [0.4, 0.5) is 5.13 Å². The van der Waals surface area contributed by atoms with Gasteiger partial charge in [-0.1, -0.05) is 6.92 Å². The molecular weight excluding hydrogens is 260 g/mol. The monoisotopic (exact) mass is 274 g/mol. The zero-order valence-corrected chi connectivity index (χ0v) is 11.3. The fourth-order valence-electron chi connectivity index (χ4n) is 1.97. The van der Waals surface area contributed by atoms with Crippen LogP contribution >= 0.6 is 11.3 Å². The number of carbonyl (C=O) groups excluding carboxylic acids is 1. The third kappa shape index (κ3) is 2.93. The summed E-state index contributed by atoms with van der Waals surface area (Å²) in [5.74, 6) is 2.81. The minimum atomic E-state index is -0.201. The number of rotatable bonds is 4. The van der Waals surface area contributed by atoms with E-state index in [9.17, 15) is 4.79 Å². The van der Waals surface area contributed by atoms with Crippen LogP contribution in [0.5, 0.6) is 0 Å². The van der Waals surface area contributed by atoms with Crippen LogP contribution in [0.3, 0.4) is 0 Å². The number of amides is 1. The summed E-state index contributed by atoms with van der Waals surface area (Å²) in [5.41, 5.74) is 0. The van der Waals surface area contributed by atoms with Crippen LogP contribution < -0.4 is 5.32 Å². The maximum Gasteiger partial charge on any atom is 0.250 e. The average Bonchev–Trinajstić information content (AvgIpc) is 2.87. The minimum Gasteiger partial charge on any atom is -0.461 e. The van der Waals surface area contributed by atoms with Crippen molar-refractivity contribution in [3.63, 3.8) is 0 Å². The van der Waals surface area contributed by atoms with Gasteiger partial charge in [0, 0.05) is 23.6 Å². The molecule has 0 bridgehead atoms. The van der Waals surface area contributed by atoms with E-state index in [1.54, 1.807) is 12.3 Å². The second kappa shape index (κ2) is 5.01. The number of aromatic nitrogens is 1. The van der Waals surface area contributed by atoms with Gasteiger partial charge in [0.05, 0.1) is 0 Å². The molecule has 1 fully saturated rings. The largest absolute Gasteiger partial charge is 0.461 e. The predicted molar refractivity (Wildman–Crippen MR) is 75.0 cm³/mol. The number of nitrogens with one attached hydrogen (secondary N) is 1. The maximum atomic E-state index is 11.6. The molecule has 0 aromatic carbocycles. The summed E-state index contributed by atoms with van der Waals surface area (Å²) < 4.78 is 5.68. The van der Waals surface area contributed by atoms with E-state index in [0.29, 0.717) is 16.8 Å². The molecule has 19 heavy (non-hydrogen) atoms. The third-order valence-corrected chi connectivity index (χ3v) is 3.87. The number of thiazole rings is 1. The summed E-state index contributed by atoms with van der Waals surface area (Å²) in [5, 5.41) is 5.09. The number of hydrogen-bond donors (Lipinski definition) is 1. The lowest BCUT2D eigenvalue weighted by Gasteiger charge is -1.94. The summed E-state index contributed by atoms with van der Waals surface area (Å²) in [6.07, 6.45) is 5.99. The van der Waals surface area contributed by atoms with E-state index < -0.39 is 0 Å². The molecular formula is C14H14N2O2S. The molecule has 0 radical (unpaired) electrons. The predicted octanol–water partition coefficient (Wildman–Crippen LogP) is 3.51. The Labute approximate surface area is 115 Å². The van der Waals surface area contributed by atoms with Gasteiger partial charge >= 0.3 is 0 Å². The van der Waals surface area contributed by atoms with Gasteiger partial charge in [-0.3, -0.25) is 10.1 Å². The lowest BCUT2D eigenvalue weighted by atomic mass is 10.3. The molecule has 2 aromatic rings. The van der Waals surface area contributed by atoms with E-state index in [4.69, 9.17) is 4.42 Å². The van der Waals surface area contributed by atoms with Gasteiger partial charge in [0.1, 0.15) is 11.5 Å². The Morgan fingerprint density at radius 1 is 1.58 bits per heavy atom. The molecule has 0 aliphatic heterocycles. The standard InChI is InChI=1S/C14H14N2O2S/c1-9-8-11(9)12-4-2-10(18-12)3-5-13(17)16-14-15-6-7-19-14/h2-7,9,11H,8H2,1H3,(H,15,16,17)/b5-3+. The van der Waals surface area contributed by atoms with Crippen molar-refractivity contribution in [3.05, 3.63) is 41.3 Å². The highest BCUT2D eigenvalue weighted by atomic mass is 32.1. The zero-order valence-electron chi connectivity index (χ0n) is 10.5. The molecule has 1 amide bonds. The number of carbonyl (C=O) groups is 1.